The normalized spacial score (nSPS) is 13.5. The Labute approximate surface area is 136 Å². The third-order valence-corrected chi connectivity index (χ3v) is 4.17. The first-order chi connectivity index (χ1) is 10.5. The summed E-state index contributed by atoms with van der Waals surface area (Å²) in [7, 11) is 1.68. The second-order valence-electron chi connectivity index (χ2n) is 6.65. The molecule has 0 saturated heterocycles. The van der Waals surface area contributed by atoms with Crippen LogP contribution in [0.1, 0.15) is 58.9 Å². The van der Waals surface area contributed by atoms with Gasteiger partial charge in [-0.15, -0.1) is 0 Å². The van der Waals surface area contributed by atoms with Crippen LogP contribution in [0.5, 0.6) is 5.75 Å². The largest absolute Gasteiger partial charge is 0.497 e. The molecule has 1 aromatic carbocycles. The maximum Gasteiger partial charge on any atom is 0.118 e. The molecule has 0 aliphatic rings. The Kier molecular flexibility index (Phi) is 8.26. The van der Waals surface area contributed by atoms with Crippen molar-refractivity contribution in [2.75, 3.05) is 13.7 Å². The number of hydrogen-bond acceptors (Lipinski definition) is 2. The Morgan fingerprint density at radius 2 is 1.86 bits per heavy atom. The monoisotopic (exact) mass is 304 g/mol. The number of ether oxygens (including phenoxy) is 2. The van der Waals surface area contributed by atoms with E-state index in [1.807, 2.05) is 24.3 Å². The summed E-state index contributed by atoms with van der Waals surface area (Å²) in [4.78, 5) is 0. The van der Waals surface area contributed by atoms with E-state index in [0.717, 1.165) is 18.1 Å². The highest BCUT2D eigenvalue weighted by molar-refractivity contribution is 5.50. The van der Waals surface area contributed by atoms with Gasteiger partial charge >= 0.3 is 0 Å². The number of benzene rings is 1. The summed E-state index contributed by atoms with van der Waals surface area (Å²) in [6.07, 6.45) is 9.10. The third-order valence-electron chi connectivity index (χ3n) is 4.17. The molecule has 0 bridgehead atoms. The van der Waals surface area contributed by atoms with Crippen LogP contribution in [0.15, 0.2) is 30.3 Å². The molecule has 2 heteroatoms. The molecule has 0 aliphatic carbocycles. The molecule has 0 N–H and O–H groups in total. The lowest BCUT2D eigenvalue weighted by molar-refractivity contribution is -0.00936. The van der Waals surface area contributed by atoms with Gasteiger partial charge in [0.15, 0.2) is 0 Å². The van der Waals surface area contributed by atoms with E-state index in [2.05, 4.69) is 39.8 Å². The van der Waals surface area contributed by atoms with E-state index in [1.165, 1.54) is 24.8 Å². The van der Waals surface area contributed by atoms with Crippen molar-refractivity contribution in [3.05, 3.63) is 35.9 Å². The Morgan fingerprint density at radius 3 is 2.45 bits per heavy atom. The predicted octanol–water partition coefficient (Wildman–Crippen LogP) is 5.72. The highest BCUT2D eigenvalue weighted by Gasteiger charge is 2.17. The molecule has 0 radical (unpaired) electrons. The molecule has 1 rings (SSSR count). The van der Waals surface area contributed by atoms with Crippen molar-refractivity contribution >= 4 is 6.08 Å². The lowest BCUT2D eigenvalue weighted by atomic mass is 9.95. The number of rotatable bonds is 10. The molecule has 0 spiro atoms. The van der Waals surface area contributed by atoms with Crippen LogP contribution in [0.4, 0.5) is 0 Å². The average Bonchev–Trinajstić information content (AvgIpc) is 2.51. The van der Waals surface area contributed by atoms with Crippen LogP contribution in [-0.2, 0) is 4.74 Å². The van der Waals surface area contributed by atoms with Gasteiger partial charge in [-0.3, -0.25) is 0 Å². The Balaban J connectivity index is 2.30. The van der Waals surface area contributed by atoms with Gasteiger partial charge in [-0.25, -0.2) is 0 Å². The topological polar surface area (TPSA) is 18.5 Å². The first-order valence-electron chi connectivity index (χ1n) is 8.41. The summed E-state index contributed by atoms with van der Waals surface area (Å²) in [6, 6.07) is 8.04. The number of methoxy groups -OCH3 is 1. The van der Waals surface area contributed by atoms with Crippen LogP contribution < -0.4 is 4.74 Å². The molecule has 124 valence electrons. The van der Waals surface area contributed by atoms with Gasteiger partial charge in [0.05, 0.1) is 19.3 Å². The van der Waals surface area contributed by atoms with Gasteiger partial charge in [0.1, 0.15) is 5.75 Å². The standard InChI is InChI=1S/C20H32O2/c1-6-17(2)9-7-15-20(3,4)22-16-8-10-18-11-13-19(21-5)14-12-18/h8,10-14,17H,6-7,9,15-16H2,1-5H3/b10-8+. The summed E-state index contributed by atoms with van der Waals surface area (Å²) in [5.41, 5.74) is 1.12. The fourth-order valence-electron chi connectivity index (χ4n) is 2.33. The Morgan fingerprint density at radius 1 is 1.18 bits per heavy atom. The van der Waals surface area contributed by atoms with Gasteiger partial charge in [0, 0.05) is 0 Å². The SMILES string of the molecule is CCC(C)CCCC(C)(C)OC/C=C/c1ccc(OC)cc1. The summed E-state index contributed by atoms with van der Waals surface area (Å²) >= 11 is 0. The minimum absolute atomic E-state index is 0.0439. The fraction of sp³-hybridized carbons (Fsp3) is 0.600. The molecule has 2 nitrogen and oxygen atoms in total. The van der Waals surface area contributed by atoms with Crippen LogP contribution in [-0.4, -0.2) is 19.3 Å². The van der Waals surface area contributed by atoms with Gasteiger partial charge in [0.2, 0.25) is 0 Å². The highest BCUT2D eigenvalue weighted by Crippen LogP contribution is 2.21. The van der Waals surface area contributed by atoms with Gasteiger partial charge < -0.3 is 9.47 Å². The molecule has 1 atom stereocenters. The number of hydrogen-bond donors (Lipinski definition) is 0. The quantitative estimate of drug-likeness (QED) is 0.550. The maximum absolute atomic E-state index is 6.00. The summed E-state index contributed by atoms with van der Waals surface area (Å²) in [6.45, 7) is 9.61. The van der Waals surface area contributed by atoms with Crippen LogP contribution in [0, 0.1) is 5.92 Å². The zero-order valence-corrected chi connectivity index (χ0v) is 14.9. The Bertz CT molecular complexity index is 432. The first-order valence-corrected chi connectivity index (χ1v) is 8.41. The van der Waals surface area contributed by atoms with Crippen LogP contribution in [0.25, 0.3) is 6.08 Å². The zero-order valence-electron chi connectivity index (χ0n) is 14.9. The molecule has 0 aliphatic heterocycles. The van der Waals surface area contributed by atoms with E-state index in [0.29, 0.717) is 6.61 Å². The van der Waals surface area contributed by atoms with E-state index in [1.54, 1.807) is 7.11 Å². The Hall–Kier alpha value is -1.28. The van der Waals surface area contributed by atoms with Crippen molar-refractivity contribution < 1.29 is 9.47 Å². The maximum atomic E-state index is 6.00. The van der Waals surface area contributed by atoms with E-state index in [4.69, 9.17) is 9.47 Å². The molecule has 0 amide bonds. The summed E-state index contributed by atoms with van der Waals surface area (Å²) < 4.78 is 11.2. The second-order valence-corrected chi connectivity index (χ2v) is 6.65. The summed E-state index contributed by atoms with van der Waals surface area (Å²) in [5.74, 6) is 1.71. The summed E-state index contributed by atoms with van der Waals surface area (Å²) in [5, 5.41) is 0. The van der Waals surface area contributed by atoms with E-state index in [-0.39, 0.29) is 5.60 Å². The van der Waals surface area contributed by atoms with Crippen molar-refractivity contribution in [2.45, 2.75) is 59.0 Å². The minimum atomic E-state index is -0.0439. The van der Waals surface area contributed by atoms with E-state index < -0.39 is 0 Å². The van der Waals surface area contributed by atoms with Crippen molar-refractivity contribution in [3.8, 4) is 5.75 Å². The van der Waals surface area contributed by atoms with Crippen molar-refractivity contribution in [1.82, 2.24) is 0 Å². The van der Waals surface area contributed by atoms with E-state index in [9.17, 15) is 0 Å². The fourth-order valence-corrected chi connectivity index (χ4v) is 2.33. The highest BCUT2D eigenvalue weighted by atomic mass is 16.5. The second kappa shape index (κ2) is 9.68. The van der Waals surface area contributed by atoms with Crippen LogP contribution >= 0.6 is 0 Å². The minimum Gasteiger partial charge on any atom is -0.497 e. The first kappa shape index (κ1) is 18.8. The smallest absolute Gasteiger partial charge is 0.118 e. The average molecular weight is 304 g/mol. The molecule has 1 aromatic rings. The molecule has 0 fully saturated rings. The van der Waals surface area contributed by atoms with Crippen molar-refractivity contribution in [3.63, 3.8) is 0 Å². The lowest BCUT2D eigenvalue weighted by Crippen LogP contribution is -2.24. The van der Waals surface area contributed by atoms with Crippen molar-refractivity contribution in [1.29, 1.82) is 0 Å². The third kappa shape index (κ3) is 7.65. The van der Waals surface area contributed by atoms with Crippen LogP contribution in [0.2, 0.25) is 0 Å². The molecule has 0 heterocycles. The molecule has 0 saturated carbocycles. The van der Waals surface area contributed by atoms with Gasteiger partial charge in [-0.1, -0.05) is 57.4 Å². The molecule has 22 heavy (non-hydrogen) atoms. The van der Waals surface area contributed by atoms with Crippen LogP contribution in [0.3, 0.4) is 0 Å². The van der Waals surface area contributed by atoms with Gasteiger partial charge in [-0.2, -0.15) is 0 Å². The molecule has 1 unspecified atom stereocenters. The van der Waals surface area contributed by atoms with Crippen molar-refractivity contribution in [2.24, 2.45) is 5.92 Å². The molecular weight excluding hydrogens is 272 g/mol. The van der Waals surface area contributed by atoms with Gasteiger partial charge in [-0.05, 0) is 43.9 Å². The lowest BCUT2D eigenvalue weighted by Gasteiger charge is -2.25. The molecule has 0 aromatic heterocycles. The predicted molar refractivity (Wildman–Crippen MR) is 95.4 cm³/mol. The van der Waals surface area contributed by atoms with E-state index >= 15 is 0 Å². The van der Waals surface area contributed by atoms with Gasteiger partial charge in [0.25, 0.3) is 0 Å². The molecular formula is C20H32O2. The zero-order chi connectivity index (χ0) is 16.4.